The van der Waals surface area contributed by atoms with E-state index in [2.05, 4.69) is 33.8 Å². The Bertz CT molecular complexity index is 1180. The van der Waals surface area contributed by atoms with E-state index in [-0.39, 0.29) is 24.3 Å². The third-order valence-corrected chi connectivity index (χ3v) is 5.43. The number of amides is 2. The number of hydrogen-bond donors (Lipinski definition) is 3. The van der Waals surface area contributed by atoms with Crippen LogP contribution in [0.15, 0.2) is 58.4 Å². The minimum absolute atomic E-state index is 0.0714. The third-order valence-electron chi connectivity index (χ3n) is 4.74. The summed E-state index contributed by atoms with van der Waals surface area (Å²) >= 11 is 1.37. The summed E-state index contributed by atoms with van der Waals surface area (Å²) in [5.41, 5.74) is 6.94. The Hall–Kier alpha value is -4.17. The number of thiazole rings is 1. The Morgan fingerprint density at radius 1 is 1.34 bits per heavy atom. The van der Waals surface area contributed by atoms with Crippen molar-refractivity contribution in [1.29, 1.82) is 5.26 Å². The largest absolute Gasteiger partial charge is 0.461 e. The quantitative estimate of drug-likeness (QED) is 0.162. The van der Waals surface area contributed by atoms with E-state index in [1.807, 2.05) is 25.1 Å². The zero-order chi connectivity index (χ0) is 25.6. The van der Waals surface area contributed by atoms with Gasteiger partial charge in [0, 0.05) is 29.9 Å². The number of nitrogens with zero attached hydrogens (tertiary/aromatic N) is 4. The lowest BCUT2D eigenvalue weighted by atomic mass is 10.2. The molecule has 2 amide bonds. The van der Waals surface area contributed by atoms with Crippen molar-refractivity contribution in [3.8, 4) is 6.19 Å². The number of nitrogens with one attached hydrogen (secondary N) is 2. The number of likely N-dealkylation sites (tertiary alicyclic amines) is 1. The fourth-order valence-electron chi connectivity index (χ4n) is 3.28. The number of nitrogens with two attached hydrogens (primary N) is 1. The van der Waals surface area contributed by atoms with Crippen LogP contribution in [0.3, 0.4) is 0 Å². The highest BCUT2D eigenvalue weighted by Gasteiger charge is 2.19. The van der Waals surface area contributed by atoms with Gasteiger partial charge < -0.3 is 20.4 Å². The summed E-state index contributed by atoms with van der Waals surface area (Å²) in [6.07, 6.45) is 6.88. The maximum atomic E-state index is 11.7. The molecular weight excluding hydrogens is 466 g/mol. The lowest BCUT2D eigenvalue weighted by molar-refractivity contribution is -0.134. The molecule has 4 rings (SSSR count). The Morgan fingerprint density at radius 3 is 2.86 bits per heavy atom. The lowest BCUT2D eigenvalue weighted by Gasteiger charge is -2.19. The zero-order valence-electron chi connectivity index (χ0n) is 19.6. The number of benzene rings is 1. The molecule has 10 nitrogen and oxygen atoms in total. The number of hydrogen-bond acceptors (Lipinski definition) is 7. The number of nitriles is 1. The maximum absolute atomic E-state index is 11.7. The van der Waals surface area contributed by atoms with Gasteiger partial charge in [0.25, 0.3) is 0 Å². The highest BCUT2D eigenvalue weighted by Crippen LogP contribution is 2.24. The zero-order valence-corrected chi connectivity index (χ0v) is 20.4. The summed E-state index contributed by atoms with van der Waals surface area (Å²) < 4.78 is 5.43. The molecule has 1 aliphatic rings. The van der Waals surface area contributed by atoms with Crippen LogP contribution in [-0.2, 0) is 9.59 Å². The molecule has 184 valence electrons. The molecule has 1 saturated heterocycles. The van der Waals surface area contributed by atoms with Crippen LogP contribution in [0.5, 0.6) is 0 Å². The molecule has 0 bridgehead atoms. The van der Waals surface area contributed by atoms with Gasteiger partial charge in [-0.1, -0.05) is 6.42 Å². The summed E-state index contributed by atoms with van der Waals surface area (Å²) in [5.74, 6) is 0.827. The van der Waals surface area contributed by atoms with E-state index in [1.54, 1.807) is 28.7 Å². The Kier molecular flexibility index (Phi) is 11.0. The summed E-state index contributed by atoms with van der Waals surface area (Å²) in [4.78, 5) is 33.0. The molecule has 4 N–H and O–H groups in total. The molecule has 11 heteroatoms. The molecule has 1 aliphatic heterocycles. The summed E-state index contributed by atoms with van der Waals surface area (Å²) in [6.45, 7) is 8.71. The predicted octanol–water partition coefficient (Wildman–Crippen LogP) is 4.04. The topological polar surface area (TPSA) is 150 Å². The highest BCUT2D eigenvalue weighted by atomic mass is 32.1. The summed E-state index contributed by atoms with van der Waals surface area (Å²) in [7, 11) is 0. The number of anilines is 1. The van der Waals surface area contributed by atoms with E-state index in [0.717, 1.165) is 36.0 Å². The molecule has 3 aromatic rings. The fourth-order valence-corrected chi connectivity index (χ4v) is 3.83. The normalized spacial score (nSPS) is 13.4. The van der Waals surface area contributed by atoms with E-state index in [1.165, 1.54) is 11.3 Å². The van der Waals surface area contributed by atoms with E-state index in [4.69, 9.17) is 15.4 Å². The second-order valence-corrected chi connectivity index (χ2v) is 8.22. The van der Waals surface area contributed by atoms with Gasteiger partial charge in [0.2, 0.25) is 17.8 Å². The molecule has 1 fully saturated rings. The van der Waals surface area contributed by atoms with Crippen LogP contribution in [0.4, 0.5) is 10.8 Å². The SMILES string of the molecule is C=C.Cc1cc2cc(N=C(N)NC#N)ccc2o1.O=C(CN1CCCCCC1=O)Nc1nccs1. The number of aliphatic imine (C=N–C) groups is 1. The standard InChI is InChI=1S/C11H10N4O.C11H15N3O2S.C2H4/c1-7-4-8-5-9(2-3-10(8)16-7)15-11(13)14-6-12;15-9(13-11-12-5-7-17-11)8-14-6-3-1-2-4-10(14)16;1-2/h2-5H,1H3,(H3,13,14,15);5,7H,1-4,6,8H2,(H,12,13,15);1-2H2. The highest BCUT2D eigenvalue weighted by molar-refractivity contribution is 7.13. The second-order valence-electron chi connectivity index (χ2n) is 7.32. The number of aryl methyl sites for hydroxylation is 1. The molecule has 1 aromatic carbocycles. The van der Waals surface area contributed by atoms with Gasteiger partial charge in [-0.15, -0.1) is 24.5 Å². The third kappa shape index (κ3) is 8.94. The van der Waals surface area contributed by atoms with Gasteiger partial charge in [0.15, 0.2) is 11.3 Å². The molecule has 2 aromatic heterocycles. The van der Waals surface area contributed by atoms with Crippen molar-refractivity contribution in [2.45, 2.75) is 32.6 Å². The van der Waals surface area contributed by atoms with Crippen LogP contribution in [-0.4, -0.2) is 40.7 Å². The molecule has 0 radical (unpaired) electrons. The first-order chi connectivity index (χ1) is 16.9. The second kappa shape index (κ2) is 14.2. The van der Waals surface area contributed by atoms with Crippen LogP contribution in [0.1, 0.15) is 31.4 Å². The average molecular weight is 496 g/mol. The number of carbonyl (C=O) groups excluding carboxylic acids is 2. The maximum Gasteiger partial charge on any atom is 0.245 e. The van der Waals surface area contributed by atoms with Gasteiger partial charge in [0.05, 0.1) is 12.2 Å². The van der Waals surface area contributed by atoms with Crippen LogP contribution < -0.4 is 16.4 Å². The number of furan rings is 1. The molecule has 3 heterocycles. The molecule has 0 atom stereocenters. The number of aromatic nitrogens is 1. The molecular formula is C24H29N7O3S. The smallest absolute Gasteiger partial charge is 0.245 e. The Labute approximate surface area is 208 Å². The van der Waals surface area contributed by atoms with Crippen molar-refractivity contribution in [3.05, 3.63) is 54.8 Å². The molecule has 0 spiro atoms. The Morgan fingerprint density at radius 2 is 2.14 bits per heavy atom. The lowest BCUT2D eigenvalue weighted by Crippen LogP contribution is -2.37. The van der Waals surface area contributed by atoms with Gasteiger partial charge >= 0.3 is 0 Å². The number of fused-ring (bicyclic) bond motifs is 1. The summed E-state index contributed by atoms with van der Waals surface area (Å²) in [6, 6.07) is 7.36. The van der Waals surface area contributed by atoms with Crippen molar-refractivity contribution in [1.82, 2.24) is 15.2 Å². The first-order valence-corrected chi connectivity index (χ1v) is 11.8. The number of guanidine groups is 1. The van der Waals surface area contributed by atoms with Crippen molar-refractivity contribution >= 4 is 50.9 Å². The van der Waals surface area contributed by atoms with Gasteiger partial charge in [-0.05, 0) is 44.0 Å². The van der Waals surface area contributed by atoms with Crippen molar-refractivity contribution in [2.24, 2.45) is 10.7 Å². The van der Waals surface area contributed by atoms with Gasteiger partial charge in [-0.25, -0.2) is 9.98 Å². The van der Waals surface area contributed by atoms with Gasteiger partial charge in [-0.3, -0.25) is 14.9 Å². The minimum atomic E-state index is -0.171. The Balaban J connectivity index is 0.000000231. The van der Waals surface area contributed by atoms with Crippen molar-refractivity contribution in [2.75, 3.05) is 18.4 Å². The monoisotopic (exact) mass is 495 g/mol. The molecule has 0 aliphatic carbocycles. The van der Waals surface area contributed by atoms with Crippen molar-refractivity contribution in [3.63, 3.8) is 0 Å². The first kappa shape index (κ1) is 27.1. The van der Waals surface area contributed by atoms with Gasteiger partial charge in [-0.2, -0.15) is 5.26 Å². The summed E-state index contributed by atoms with van der Waals surface area (Å²) in [5, 5.41) is 16.6. The molecule has 35 heavy (non-hydrogen) atoms. The first-order valence-electron chi connectivity index (χ1n) is 10.9. The van der Waals surface area contributed by atoms with Crippen molar-refractivity contribution < 1.29 is 14.0 Å². The number of rotatable bonds is 4. The van der Waals surface area contributed by atoms with E-state index < -0.39 is 0 Å². The van der Waals surface area contributed by atoms with Gasteiger partial charge in [0.1, 0.15) is 11.3 Å². The molecule has 0 saturated carbocycles. The van der Waals surface area contributed by atoms with E-state index >= 15 is 0 Å². The number of carbonyl (C=O) groups is 2. The van der Waals surface area contributed by atoms with E-state index in [9.17, 15) is 9.59 Å². The molecule has 0 unspecified atom stereocenters. The predicted molar refractivity (Wildman–Crippen MR) is 138 cm³/mol. The fraction of sp³-hybridized carbons (Fsp3) is 0.292. The minimum Gasteiger partial charge on any atom is -0.461 e. The van der Waals surface area contributed by atoms with E-state index in [0.29, 0.717) is 23.8 Å². The van der Waals surface area contributed by atoms with Crippen LogP contribution in [0, 0.1) is 18.4 Å². The van der Waals surface area contributed by atoms with Crippen LogP contribution in [0.2, 0.25) is 0 Å². The van der Waals surface area contributed by atoms with Crippen LogP contribution in [0.25, 0.3) is 11.0 Å². The average Bonchev–Trinajstić information content (AvgIpc) is 3.42. The van der Waals surface area contributed by atoms with Crippen LogP contribution >= 0.6 is 11.3 Å².